The Labute approximate surface area is 130 Å². The van der Waals surface area contributed by atoms with Gasteiger partial charge in [0.2, 0.25) is 0 Å². The predicted molar refractivity (Wildman–Crippen MR) is 80.0 cm³/mol. The summed E-state index contributed by atoms with van der Waals surface area (Å²) in [6, 6.07) is 9.55. The van der Waals surface area contributed by atoms with Crippen molar-refractivity contribution in [3.8, 4) is 0 Å². The van der Waals surface area contributed by atoms with Crippen molar-refractivity contribution in [2.75, 3.05) is 5.32 Å². The number of anilines is 1. The number of hydrogen-bond donors (Lipinski definition) is 2. The minimum absolute atomic E-state index is 0.0192. The van der Waals surface area contributed by atoms with Crippen molar-refractivity contribution in [2.24, 2.45) is 0 Å². The number of para-hydroxylation sites is 1. The molecule has 1 heterocycles. The molecule has 0 spiro atoms. The Balaban J connectivity index is 2.27. The zero-order chi connectivity index (χ0) is 15.4. The second-order valence-corrected chi connectivity index (χ2v) is 4.94. The van der Waals surface area contributed by atoms with Gasteiger partial charge >= 0.3 is 5.97 Å². The Kier molecular flexibility index (Phi) is 4.77. The summed E-state index contributed by atoms with van der Waals surface area (Å²) in [7, 11) is 0. The highest BCUT2D eigenvalue weighted by molar-refractivity contribution is 6.35. The molecule has 7 heteroatoms. The molecule has 0 saturated carbocycles. The summed E-state index contributed by atoms with van der Waals surface area (Å²) in [5.41, 5.74) is 0.855. The van der Waals surface area contributed by atoms with Crippen molar-refractivity contribution in [3.63, 3.8) is 0 Å². The monoisotopic (exact) mass is 324 g/mol. The SMILES string of the molecule is O=C(O)Cc1ccccc1NC(=O)c1nc(Cl)ccc1Cl. The van der Waals surface area contributed by atoms with Crippen molar-refractivity contribution in [1.29, 1.82) is 0 Å². The van der Waals surface area contributed by atoms with Gasteiger partial charge in [-0.05, 0) is 23.8 Å². The minimum Gasteiger partial charge on any atom is -0.481 e. The molecule has 1 aromatic carbocycles. The topological polar surface area (TPSA) is 79.3 Å². The Morgan fingerprint density at radius 2 is 1.86 bits per heavy atom. The maximum atomic E-state index is 12.2. The van der Waals surface area contributed by atoms with E-state index in [0.29, 0.717) is 11.3 Å². The van der Waals surface area contributed by atoms with Gasteiger partial charge in [0, 0.05) is 5.69 Å². The maximum absolute atomic E-state index is 12.2. The van der Waals surface area contributed by atoms with E-state index in [-0.39, 0.29) is 22.3 Å². The smallest absolute Gasteiger partial charge is 0.307 e. The summed E-state index contributed by atoms with van der Waals surface area (Å²) in [6.07, 6.45) is -0.201. The van der Waals surface area contributed by atoms with Crippen molar-refractivity contribution in [2.45, 2.75) is 6.42 Å². The first-order chi connectivity index (χ1) is 9.97. The van der Waals surface area contributed by atoms with Gasteiger partial charge in [-0.25, -0.2) is 4.98 Å². The Morgan fingerprint density at radius 3 is 2.57 bits per heavy atom. The summed E-state index contributed by atoms with van der Waals surface area (Å²) in [5, 5.41) is 11.8. The molecule has 2 aromatic rings. The molecule has 0 radical (unpaired) electrons. The highest BCUT2D eigenvalue weighted by atomic mass is 35.5. The number of benzene rings is 1. The quantitative estimate of drug-likeness (QED) is 0.846. The molecule has 2 N–H and O–H groups in total. The number of aromatic nitrogens is 1. The normalized spacial score (nSPS) is 10.2. The van der Waals surface area contributed by atoms with Crippen molar-refractivity contribution >= 4 is 40.8 Å². The first-order valence-electron chi connectivity index (χ1n) is 5.90. The lowest BCUT2D eigenvalue weighted by Gasteiger charge is -2.10. The minimum atomic E-state index is -0.990. The summed E-state index contributed by atoms with van der Waals surface area (Å²) < 4.78 is 0. The van der Waals surface area contributed by atoms with Crippen molar-refractivity contribution < 1.29 is 14.7 Å². The average molecular weight is 325 g/mol. The molecule has 21 heavy (non-hydrogen) atoms. The molecule has 1 aromatic heterocycles. The number of pyridine rings is 1. The highest BCUT2D eigenvalue weighted by Crippen LogP contribution is 2.20. The molecule has 0 bridgehead atoms. The standard InChI is InChI=1S/C14H10Cl2N2O3/c15-9-5-6-11(16)18-13(9)14(21)17-10-4-2-1-3-8(10)7-12(19)20/h1-6H,7H2,(H,17,21)(H,19,20). The third-order valence-electron chi connectivity index (χ3n) is 2.63. The van der Waals surface area contributed by atoms with Gasteiger partial charge in [-0.15, -0.1) is 0 Å². The number of carboxylic acids is 1. The zero-order valence-electron chi connectivity index (χ0n) is 10.6. The van der Waals surface area contributed by atoms with Crippen LogP contribution in [0.5, 0.6) is 0 Å². The van der Waals surface area contributed by atoms with E-state index in [4.69, 9.17) is 28.3 Å². The van der Waals surface area contributed by atoms with E-state index in [9.17, 15) is 9.59 Å². The van der Waals surface area contributed by atoms with Crippen LogP contribution >= 0.6 is 23.2 Å². The fourth-order valence-corrected chi connectivity index (χ4v) is 2.06. The third kappa shape index (κ3) is 3.93. The van der Waals surface area contributed by atoms with Gasteiger partial charge in [0.1, 0.15) is 10.8 Å². The zero-order valence-corrected chi connectivity index (χ0v) is 12.1. The molecule has 0 atom stereocenters. The van der Waals surface area contributed by atoms with E-state index < -0.39 is 11.9 Å². The molecule has 0 saturated heterocycles. The molecule has 0 aliphatic heterocycles. The predicted octanol–water partition coefficient (Wildman–Crippen LogP) is 3.27. The van der Waals surface area contributed by atoms with Gasteiger partial charge in [0.25, 0.3) is 5.91 Å². The van der Waals surface area contributed by atoms with Crippen LogP contribution in [0.1, 0.15) is 16.1 Å². The fraction of sp³-hybridized carbons (Fsp3) is 0.0714. The lowest BCUT2D eigenvalue weighted by molar-refractivity contribution is -0.136. The van der Waals surface area contributed by atoms with E-state index in [0.717, 1.165) is 0 Å². The lowest BCUT2D eigenvalue weighted by Crippen LogP contribution is -2.16. The van der Waals surface area contributed by atoms with Crippen LogP contribution in [-0.4, -0.2) is 22.0 Å². The van der Waals surface area contributed by atoms with Crippen LogP contribution in [0.25, 0.3) is 0 Å². The van der Waals surface area contributed by atoms with Gasteiger partial charge < -0.3 is 10.4 Å². The molecular formula is C14H10Cl2N2O3. The number of rotatable bonds is 4. The fourth-order valence-electron chi connectivity index (χ4n) is 1.72. The number of hydrogen-bond acceptors (Lipinski definition) is 3. The number of carboxylic acid groups (broad SMARTS) is 1. The number of nitrogens with zero attached hydrogens (tertiary/aromatic N) is 1. The highest BCUT2D eigenvalue weighted by Gasteiger charge is 2.15. The summed E-state index contributed by atoms with van der Waals surface area (Å²) in [6.45, 7) is 0. The van der Waals surface area contributed by atoms with Crippen LogP contribution in [0, 0.1) is 0 Å². The van der Waals surface area contributed by atoms with Crippen LogP contribution < -0.4 is 5.32 Å². The second kappa shape index (κ2) is 6.56. The molecule has 2 rings (SSSR count). The Hall–Kier alpha value is -2.11. The summed E-state index contributed by atoms with van der Waals surface area (Å²) >= 11 is 11.6. The first kappa shape index (κ1) is 15.3. The molecule has 108 valence electrons. The Bertz CT molecular complexity index is 704. The molecule has 0 aliphatic carbocycles. The van der Waals surface area contributed by atoms with Crippen LogP contribution in [-0.2, 0) is 11.2 Å². The number of carbonyl (C=O) groups excluding carboxylic acids is 1. The molecule has 0 fully saturated rings. The molecule has 1 amide bonds. The van der Waals surface area contributed by atoms with E-state index in [1.165, 1.54) is 12.1 Å². The summed E-state index contributed by atoms with van der Waals surface area (Å²) in [5.74, 6) is -1.55. The largest absolute Gasteiger partial charge is 0.481 e. The molecule has 0 unspecified atom stereocenters. The van der Waals surface area contributed by atoms with E-state index >= 15 is 0 Å². The van der Waals surface area contributed by atoms with Crippen molar-refractivity contribution in [3.05, 3.63) is 57.8 Å². The number of aliphatic carboxylic acids is 1. The van der Waals surface area contributed by atoms with Gasteiger partial charge in [-0.2, -0.15) is 0 Å². The lowest BCUT2D eigenvalue weighted by atomic mass is 10.1. The van der Waals surface area contributed by atoms with Gasteiger partial charge in [-0.3, -0.25) is 9.59 Å². The average Bonchev–Trinajstić information content (AvgIpc) is 2.43. The van der Waals surface area contributed by atoms with E-state index in [1.54, 1.807) is 24.3 Å². The van der Waals surface area contributed by atoms with Crippen LogP contribution in [0.15, 0.2) is 36.4 Å². The summed E-state index contributed by atoms with van der Waals surface area (Å²) in [4.78, 5) is 26.8. The van der Waals surface area contributed by atoms with Gasteiger partial charge in [-0.1, -0.05) is 41.4 Å². The number of halogens is 2. The first-order valence-corrected chi connectivity index (χ1v) is 6.66. The van der Waals surface area contributed by atoms with Crippen LogP contribution in [0.2, 0.25) is 10.2 Å². The van der Waals surface area contributed by atoms with Gasteiger partial charge in [0.15, 0.2) is 0 Å². The maximum Gasteiger partial charge on any atom is 0.307 e. The number of amides is 1. The molecular weight excluding hydrogens is 315 g/mol. The van der Waals surface area contributed by atoms with Crippen molar-refractivity contribution in [1.82, 2.24) is 4.98 Å². The van der Waals surface area contributed by atoms with Crippen LogP contribution in [0.4, 0.5) is 5.69 Å². The molecule has 0 aliphatic rings. The van der Waals surface area contributed by atoms with E-state index in [1.807, 2.05) is 0 Å². The van der Waals surface area contributed by atoms with E-state index in [2.05, 4.69) is 10.3 Å². The Morgan fingerprint density at radius 1 is 1.14 bits per heavy atom. The number of carbonyl (C=O) groups is 2. The molecule has 5 nitrogen and oxygen atoms in total. The van der Waals surface area contributed by atoms with Crippen LogP contribution in [0.3, 0.4) is 0 Å². The van der Waals surface area contributed by atoms with Gasteiger partial charge in [0.05, 0.1) is 11.4 Å². The third-order valence-corrected chi connectivity index (χ3v) is 3.15. The number of nitrogens with one attached hydrogen (secondary N) is 1. The second-order valence-electron chi connectivity index (χ2n) is 4.15.